The summed E-state index contributed by atoms with van der Waals surface area (Å²) < 4.78 is 0.170. The largest absolute Gasteiger partial charge is 0.329 e. The van der Waals surface area contributed by atoms with Crippen LogP contribution in [0, 0.1) is 0 Å². The Morgan fingerprint density at radius 1 is 1.64 bits per heavy atom. The van der Waals surface area contributed by atoms with E-state index in [1.54, 1.807) is 7.05 Å². The number of aromatic nitrogens is 4. The fourth-order valence-electron chi connectivity index (χ4n) is 1.81. The molecule has 2 rings (SSSR count). The van der Waals surface area contributed by atoms with Gasteiger partial charge in [-0.1, -0.05) is 0 Å². The van der Waals surface area contributed by atoms with Crippen LogP contribution >= 0.6 is 11.8 Å². The fourth-order valence-corrected chi connectivity index (χ4v) is 3.17. The zero-order valence-electron chi connectivity index (χ0n) is 8.31. The normalized spacial score (nSPS) is 27.0. The average Bonchev–Trinajstić information content (AvgIpc) is 2.77. The molecule has 0 aliphatic carbocycles. The summed E-state index contributed by atoms with van der Waals surface area (Å²) in [7, 11) is 1.79. The molecule has 2 heterocycles. The fraction of sp³-hybridized carbons (Fsp3) is 0.875. The minimum Gasteiger partial charge on any atom is -0.329 e. The van der Waals surface area contributed by atoms with E-state index in [9.17, 15) is 0 Å². The Morgan fingerprint density at radius 3 is 3.00 bits per heavy atom. The van der Waals surface area contributed by atoms with E-state index < -0.39 is 0 Å². The van der Waals surface area contributed by atoms with Crippen LogP contribution in [0.3, 0.4) is 0 Å². The van der Waals surface area contributed by atoms with Crippen molar-refractivity contribution in [1.82, 2.24) is 20.2 Å². The zero-order chi connectivity index (χ0) is 10.0. The molecule has 1 unspecified atom stereocenters. The van der Waals surface area contributed by atoms with Gasteiger partial charge in [0, 0.05) is 17.7 Å². The summed E-state index contributed by atoms with van der Waals surface area (Å²) in [6.45, 7) is 0.704. The van der Waals surface area contributed by atoms with Crippen LogP contribution in [0.2, 0.25) is 0 Å². The molecule has 0 amide bonds. The van der Waals surface area contributed by atoms with Gasteiger partial charge in [0.05, 0.1) is 7.05 Å². The SMILES string of the molecule is Cn1nnc(CC2(CN)CCCS2)n1. The molecule has 6 heteroatoms. The third-order valence-corrected chi connectivity index (χ3v) is 4.21. The molecule has 0 saturated carbocycles. The third-order valence-electron chi connectivity index (χ3n) is 2.59. The van der Waals surface area contributed by atoms with Gasteiger partial charge in [-0.2, -0.15) is 16.6 Å². The second-order valence-corrected chi connectivity index (χ2v) is 5.27. The van der Waals surface area contributed by atoms with Gasteiger partial charge in [-0.3, -0.25) is 0 Å². The molecule has 0 radical (unpaired) electrons. The number of nitrogens with zero attached hydrogens (tertiary/aromatic N) is 4. The second kappa shape index (κ2) is 3.86. The zero-order valence-corrected chi connectivity index (χ0v) is 9.13. The van der Waals surface area contributed by atoms with Gasteiger partial charge in [-0.05, 0) is 23.8 Å². The van der Waals surface area contributed by atoms with Gasteiger partial charge in [0.2, 0.25) is 0 Å². The van der Waals surface area contributed by atoms with E-state index in [1.165, 1.54) is 23.4 Å². The first-order chi connectivity index (χ1) is 6.74. The molecule has 1 saturated heterocycles. The van der Waals surface area contributed by atoms with Gasteiger partial charge >= 0.3 is 0 Å². The second-order valence-electron chi connectivity index (χ2n) is 3.71. The minimum atomic E-state index is 0.170. The number of hydrogen-bond acceptors (Lipinski definition) is 5. The quantitative estimate of drug-likeness (QED) is 0.764. The van der Waals surface area contributed by atoms with Gasteiger partial charge in [-0.15, -0.1) is 10.2 Å². The summed E-state index contributed by atoms with van der Waals surface area (Å²) in [5.41, 5.74) is 5.82. The van der Waals surface area contributed by atoms with Crippen molar-refractivity contribution in [3.63, 3.8) is 0 Å². The molecule has 1 aromatic heterocycles. The molecule has 78 valence electrons. The Kier molecular flexibility index (Phi) is 2.73. The summed E-state index contributed by atoms with van der Waals surface area (Å²) in [5, 5.41) is 12.0. The molecule has 1 fully saturated rings. The van der Waals surface area contributed by atoms with E-state index in [4.69, 9.17) is 5.73 Å². The van der Waals surface area contributed by atoms with Gasteiger partial charge in [0.15, 0.2) is 5.82 Å². The summed E-state index contributed by atoms with van der Waals surface area (Å²) >= 11 is 1.95. The summed E-state index contributed by atoms with van der Waals surface area (Å²) in [4.78, 5) is 1.50. The van der Waals surface area contributed by atoms with Crippen molar-refractivity contribution < 1.29 is 0 Å². The van der Waals surface area contributed by atoms with E-state index >= 15 is 0 Å². The van der Waals surface area contributed by atoms with Gasteiger partial charge < -0.3 is 5.73 Å². The van der Waals surface area contributed by atoms with Crippen LogP contribution in [-0.4, -0.2) is 37.3 Å². The van der Waals surface area contributed by atoms with Crippen LogP contribution in [0.5, 0.6) is 0 Å². The van der Waals surface area contributed by atoms with Crippen LogP contribution in [0.15, 0.2) is 0 Å². The monoisotopic (exact) mass is 213 g/mol. The Labute approximate surface area is 87.4 Å². The molecular weight excluding hydrogens is 198 g/mol. The minimum absolute atomic E-state index is 0.170. The van der Waals surface area contributed by atoms with Crippen molar-refractivity contribution >= 4 is 11.8 Å². The Morgan fingerprint density at radius 2 is 2.50 bits per heavy atom. The summed E-state index contributed by atoms with van der Waals surface area (Å²) in [6, 6.07) is 0. The first-order valence-corrected chi connectivity index (χ1v) is 5.80. The number of rotatable bonds is 3. The number of nitrogens with two attached hydrogens (primary N) is 1. The molecule has 2 N–H and O–H groups in total. The molecule has 1 aliphatic rings. The van der Waals surface area contributed by atoms with Crippen molar-refractivity contribution in [2.75, 3.05) is 12.3 Å². The Hall–Kier alpha value is -0.620. The first kappa shape index (κ1) is 9.92. The highest BCUT2D eigenvalue weighted by molar-refractivity contribution is 8.00. The van der Waals surface area contributed by atoms with Crippen molar-refractivity contribution in [3.05, 3.63) is 5.82 Å². The summed E-state index contributed by atoms with van der Waals surface area (Å²) in [6.07, 6.45) is 3.27. The van der Waals surface area contributed by atoms with E-state index in [0.717, 1.165) is 12.2 Å². The highest BCUT2D eigenvalue weighted by Gasteiger charge is 2.34. The van der Waals surface area contributed by atoms with Gasteiger partial charge in [-0.25, -0.2) is 0 Å². The molecule has 1 atom stereocenters. The molecule has 14 heavy (non-hydrogen) atoms. The van der Waals surface area contributed by atoms with Crippen molar-refractivity contribution in [3.8, 4) is 0 Å². The number of tetrazole rings is 1. The standard InChI is InChI=1S/C8H15N5S/c1-13-11-7(10-12-13)5-8(6-9)3-2-4-14-8/h2-6,9H2,1H3. The Balaban J connectivity index is 2.08. The highest BCUT2D eigenvalue weighted by atomic mass is 32.2. The maximum absolute atomic E-state index is 5.82. The predicted octanol–water partition coefficient (Wildman–Crippen LogP) is -0.0229. The van der Waals surface area contributed by atoms with Crippen LogP contribution in [0.25, 0.3) is 0 Å². The van der Waals surface area contributed by atoms with Gasteiger partial charge in [0.25, 0.3) is 0 Å². The molecule has 0 aromatic carbocycles. The molecule has 1 aliphatic heterocycles. The summed E-state index contributed by atoms with van der Waals surface area (Å²) in [5.74, 6) is 2.02. The lowest BCUT2D eigenvalue weighted by Gasteiger charge is -2.24. The smallest absolute Gasteiger partial charge is 0.176 e. The third kappa shape index (κ3) is 1.90. The first-order valence-electron chi connectivity index (χ1n) is 4.81. The highest BCUT2D eigenvalue weighted by Crippen LogP contribution is 2.39. The molecular formula is C8H15N5S. The molecule has 5 nitrogen and oxygen atoms in total. The van der Waals surface area contributed by atoms with Crippen molar-refractivity contribution in [2.24, 2.45) is 12.8 Å². The molecule has 1 aromatic rings. The maximum Gasteiger partial charge on any atom is 0.176 e. The average molecular weight is 213 g/mol. The van der Waals surface area contributed by atoms with Crippen LogP contribution in [-0.2, 0) is 13.5 Å². The van der Waals surface area contributed by atoms with E-state index in [-0.39, 0.29) is 4.75 Å². The lowest BCUT2D eigenvalue weighted by atomic mass is 9.99. The van der Waals surface area contributed by atoms with E-state index in [1.807, 2.05) is 11.8 Å². The number of hydrogen-bond donors (Lipinski definition) is 1. The van der Waals surface area contributed by atoms with Gasteiger partial charge in [0.1, 0.15) is 0 Å². The lowest BCUT2D eigenvalue weighted by molar-refractivity contribution is 0.547. The van der Waals surface area contributed by atoms with Crippen molar-refractivity contribution in [2.45, 2.75) is 24.0 Å². The topological polar surface area (TPSA) is 69.6 Å². The molecule has 0 spiro atoms. The van der Waals surface area contributed by atoms with E-state index in [2.05, 4.69) is 15.4 Å². The van der Waals surface area contributed by atoms with Crippen LogP contribution < -0.4 is 5.73 Å². The number of aryl methyl sites for hydroxylation is 1. The predicted molar refractivity (Wildman–Crippen MR) is 56.0 cm³/mol. The Bertz CT molecular complexity index is 304. The van der Waals surface area contributed by atoms with Crippen LogP contribution in [0.1, 0.15) is 18.7 Å². The van der Waals surface area contributed by atoms with Crippen molar-refractivity contribution in [1.29, 1.82) is 0 Å². The maximum atomic E-state index is 5.82. The molecule has 0 bridgehead atoms. The van der Waals surface area contributed by atoms with E-state index in [0.29, 0.717) is 6.54 Å². The lowest BCUT2D eigenvalue weighted by Crippen LogP contribution is -2.34. The number of thioether (sulfide) groups is 1. The van der Waals surface area contributed by atoms with Crippen LogP contribution in [0.4, 0.5) is 0 Å².